The number of hydrogen-bond donors (Lipinski definition) is 1. The molecule has 0 saturated heterocycles. The van der Waals surface area contributed by atoms with Gasteiger partial charge in [0.2, 0.25) is 0 Å². The van der Waals surface area contributed by atoms with Crippen LogP contribution in [0.5, 0.6) is 0 Å². The van der Waals surface area contributed by atoms with Gasteiger partial charge in [0.05, 0.1) is 59.6 Å². The smallest absolute Gasteiger partial charge is 0.274 e. The van der Waals surface area contributed by atoms with Crippen LogP contribution >= 0.6 is 11.6 Å². The van der Waals surface area contributed by atoms with Gasteiger partial charge in [-0.25, -0.2) is 14.0 Å². The fraction of sp³-hybridized carbons (Fsp3) is 0.357. The van der Waals surface area contributed by atoms with Gasteiger partial charge < -0.3 is 4.98 Å². The lowest BCUT2D eigenvalue weighted by atomic mass is 10.1. The molecule has 0 aromatic carbocycles. The normalized spacial score (nSPS) is 12.2. The molecule has 0 spiro atoms. The van der Waals surface area contributed by atoms with E-state index in [0.29, 0.717) is 16.4 Å². The zero-order chi connectivity index (χ0) is 29.0. The second-order valence-electron chi connectivity index (χ2n) is 11.8. The van der Waals surface area contributed by atoms with Gasteiger partial charge in [-0.3, -0.25) is 14.2 Å². The Morgan fingerprint density at radius 3 is 1.80 bits per heavy atom. The zero-order valence-electron chi connectivity index (χ0n) is 23.9. The molecule has 0 saturated carbocycles. The van der Waals surface area contributed by atoms with Crippen LogP contribution < -0.4 is 5.56 Å². The highest BCUT2D eigenvalue weighted by Gasteiger charge is 2.17. The molecule has 6 aromatic rings. The Labute approximate surface area is 236 Å². The summed E-state index contributed by atoms with van der Waals surface area (Å²) in [5.41, 5.74) is 6.28. The SMILES string of the molecule is Cc1cnn2cc(-c3cnn(C(C)(C)C)c3)[nH]c(=O)c12.Cc1cnn2cc(-c3cnn(C(C)(C)C)c3)nc(Cl)c12. The van der Waals surface area contributed by atoms with Crippen LogP contribution in [-0.4, -0.2) is 48.8 Å². The summed E-state index contributed by atoms with van der Waals surface area (Å²) in [4.78, 5) is 19.5. The minimum absolute atomic E-state index is 0.0611. The van der Waals surface area contributed by atoms with E-state index in [1.807, 2.05) is 48.0 Å². The van der Waals surface area contributed by atoms with E-state index in [0.717, 1.165) is 33.5 Å². The summed E-state index contributed by atoms with van der Waals surface area (Å²) in [6, 6.07) is 0. The van der Waals surface area contributed by atoms with E-state index in [-0.39, 0.29) is 16.6 Å². The molecule has 6 rings (SSSR count). The standard InChI is InChI=1S/C14H16ClN5.C14H17N5O/c1-9-5-16-19-8-11(18-13(15)12(9)19)10-6-17-20(7-10)14(2,3)4;1-9-5-15-18-8-11(17-13(20)12(9)18)10-6-16-19(7-10)14(2,3)4/h5-8H,1-4H3;5-8H,1-4H3,(H,17,20). The summed E-state index contributed by atoms with van der Waals surface area (Å²) >= 11 is 6.26. The fourth-order valence-corrected chi connectivity index (χ4v) is 4.54. The molecule has 12 heteroatoms. The Bertz CT molecular complexity index is 1890. The van der Waals surface area contributed by atoms with E-state index in [1.54, 1.807) is 33.8 Å². The number of nitrogens with one attached hydrogen (secondary N) is 1. The van der Waals surface area contributed by atoms with Crippen molar-refractivity contribution in [1.29, 1.82) is 0 Å². The van der Waals surface area contributed by atoms with Gasteiger partial charge in [-0.1, -0.05) is 11.6 Å². The molecule has 0 aliphatic rings. The highest BCUT2D eigenvalue weighted by Crippen LogP contribution is 2.25. The third-order valence-corrected chi connectivity index (χ3v) is 6.74. The second-order valence-corrected chi connectivity index (χ2v) is 12.2. The van der Waals surface area contributed by atoms with Crippen molar-refractivity contribution in [1.82, 2.24) is 48.8 Å². The molecule has 6 heterocycles. The van der Waals surface area contributed by atoms with Crippen molar-refractivity contribution in [2.75, 3.05) is 0 Å². The zero-order valence-corrected chi connectivity index (χ0v) is 24.7. The molecule has 0 aliphatic carbocycles. The molecule has 0 amide bonds. The monoisotopic (exact) mass is 560 g/mol. The predicted octanol–water partition coefficient (Wildman–Crippen LogP) is 5.26. The molecule has 0 fully saturated rings. The number of aryl methyl sites for hydroxylation is 2. The largest absolute Gasteiger partial charge is 0.319 e. The van der Waals surface area contributed by atoms with E-state index in [4.69, 9.17) is 11.6 Å². The van der Waals surface area contributed by atoms with Gasteiger partial charge in [0, 0.05) is 29.1 Å². The first-order valence-electron chi connectivity index (χ1n) is 12.9. The Morgan fingerprint density at radius 1 is 0.700 bits per heavy atom. The van der Waals surface area contributed by atoms with Gasteiger partial charge in [0.1, 0.15) is 11.0 Å². The number of hydrogen-bond acceptors (Lipinski definition) is 6. The number of aromatic amines is 1. The Morgan fingerprint density at radius 2 is 1.23 bits per heavy atom. The molecule has 40 heavy (non-hydrogen) atoms. The first-order chi connectivity index (χ1) is 18.7. The van der Waals surface area contributed by atoms with E-state index in [9.17, 15) is 4.79 Å². The Kier molecular flexibility index (Phi) is 6.65. The first-order valence-corrected chi connectivity index (χ1v) is 13.3. The van der Waals surface area contributed by atoms with Crippen LogP contribution in [0.4, 0.5) is 0 Å². The molecule has 11 nitrogen and oxygen atoms in total. The van der Waals surface area contributed by atoms with Crippen LogP contribution in [0.2, 0.25) is 5.15 Å². The minimum Gasteiger partial charge on any atom is -0.319 e. The Balaban J connectivity index is 0.000000161. The molecular weight excluding hydrogens is 528 g/mol. The average molecular weight is 561 g/mol. The van der Waals surface area contributed by atoms with Gasteiger partial charge in [-0.2, -0.15) is 20.4 Å². The molecule has 0 bridgehead atoms. The molecule has 6 aromatic heterocycles. The van der Waals surface area contributed by atoms with Crippen LogP contribution in [0.25, 0.3) is 33.5 Å². The van der Waals surface area contributed by atoms with Gasteiger partial charge >= 0.3 is 0 Å². The van der Waals surface area contributed by atoms with Crippen LogP contribution in [0.3, 0.4) is 0 Å². The van der Waals surface area contributed by atoms with Gasteiger partial charge in [-0.15, -0.1) is 0 Å². The molecule has 1 N–H and O–H groups in total. The summed E-state index contributed by atoms with van der Waals surface area (Å²) in [7, 11) is 0. The lowest BCUT2D eigenvalue weighted by Gasteiger charge is -2.18. The van der Waals surface area contributed by atoms with Crippen molar-refractivity contribution in [3.63, 3.8) is 0 Å². The molecule has 0 radical (unpaired) electrons. The average Bonchev–Trinajstić information content (AvgIpc) is 3.65. The third kappa shape index (κ3) is 5.16. The topological polar surface area (TPSA) is 116 Å². The van der Waals surface area contributed by atoms with Crippen molar-refractivity contribution < 1.29 is 0 Å². The first kappa shape index (κ1) is 27.3. The maximum absolute atomic E-state index is 12.1. The van der Waals surface area contributed by atoms with Crippen molar-refractivity contribution in [2.45, 2.75) is 66.5 Å². The second kappa shape index (κ2) is 9.74. The quantitative estimate of drug-likeness (QED) is 0.309. The van der Waals surface area contributed by atoms with Crippen LogP contribution in [0, 0.1) is 13.8 Å². The van der Waals surface area contributed by atoms with E-state index in [1.165, 1.54) is 0 Å². The lowest BCUT2D eigenvalue weighted by molar-refractivity contribution is 0.355. The number of aromatic nitrogens is 10. The summed E-state index contributed by atoms with van der Waals surface area (Å²) in [5.74, 6) is 0. The number of nitrogens with zero attached hydrogens (tertiary/aromatic N) is 9. The summed E-state index contributed by atoms with van der Waals surface area (Å²) in [6.07, 6.45) is 14.6. The maximum atomic E-state index is 12.1. The fourth-order valence-electron chi connectivity index (χ4n) is 4.21. The maximum Gasteiger partial charge on any atom is 0.274 e. The molecule has 0 aliphatic heterocycles. The van der Waals surface area contributed by atoms with Crippen LogP contribution in [0.15, 0.2) is 54.4 Å². The molecule has 0 atom stereocenters. The molecule has 208 valence electrons. The van der Waals surface area contributed by atoms with Crippen LogP contribution in [-0.2, 0) is 11.1 Å². The lowest BCUT2D eigenvalue weighted by Crippen LogP contribution is -2.21. The molecular formula is C28H33ClN10O. The minimum atomic E-state index is -0.138. The highest BCUT2D eigenvalue weighted by atomic mass is 35.5. The van der Waals surface area contributed by atoms with Crippen molar-refractivity contribution in [3.8, 4) is 22.5 Å². The van der Waals surface area contributed by atoms with Crippen molar-refractivity contribution >= 4 is 22.6 Å². The summed E-state index contributed by atoms with van der Waals surface area (Å²) in [5, 5.41) is 17.7. The van der Waals surface area contributed by atoms with E-state index in [2.05, 4.69) is 71.9 Å². The number of halogens is 1. The molecule has 0 unspecified atom stereocenters. The number of rotatable bonds is 2. The number of H-pyrrole nitrogens is 1. The third-order valence-electron chi connectivity index (χ3n) is 6.48. The summed E-state index contributed by atoms with van der Waals surface area (Å²) < 4.78 is 7.15. The van der Waals surface area contributed by atoms with Crippen molar-refractivity contribution in [2.24, 2.45) is 0 Å². The highest BCUT2D eigenvalue weighted by molar-refractivity contribution is 6.32. The Hall–Kier alpha value is -4.25. The number of fused-ring (bicyclic) bond motifs is 2. The van der Waals surface area contributed by atoms with Gasteiger partial charge in [0.15, 0.2) is 5.15 Å². The van der Waals surface area contributed by atoms with Crippen molar-refractivity contribution in [3.05, 3.63) is 76.2 Å². The summed E-state index contributed by atoms with van der Waals surface area (Å²) in [6.45, 7) is 16.4. The van der Waals surface area contributed by atoms with E-state index < -0.39 is 0 Å². The van der Waals surface area contributed by atoms with Crippen LogP contribution in [0.1, 0.15) is 52.7 Å². The van der Waals surface area contributed by atoms with Gasteiger partial charge in [0.25, 0.3) is 5.56 Å². The van der Waals surface area contributed by atoms with E-state index >= 15 is 0 Å². The predicted molar refractivity (Wildman–Crippen MR) is 156 cm³/mol. The van der Waals surface area contributed by atoms with Gasteiger partial charge in [-0.05, 0) is 61.0 Å².